The summed E-state index contributed by atoms with van der Waals surface area (Å²) in [6.07, 6.45) is 6.93. The number of unbranched alkanes of at least 4 members (excludes halogenated alkanes) is 1. The fourth-order valence-corrected chi connectivity index (χ4v) is 5.03. The molecule has 3 aromatic carbocycles. The van der Waals surface area contributed by atoms with Crippen LogP contribution >= 0.6 is 0 Å². The molecule has 4 rings (SSSR count). The van der Waals surface area contributed by atoms with Crippen molar-refractivity contribution < 1.29 is 29.3 Å². The molecule has 2 N–H and O–H groups in total. The number of aliphatic carboxylic acids is 2. The molecule has 7 heteroatoms. The molecule has 40 heavy (non-hydrogen) atoms. The Balaban J connectivity index is 1.28. The van der Waals surface area contributed by atoms with E-state index in [1.54, 1.807) is 10.8 Å². The molecular formula is C33H37NO6. The predicted octanol–water partition coefficient (Wildman–Crippen LogP) is 6.33. The van der Waals surface area contributed by atoms with Crippen molar-refractivity contribution >= 4 is 22.8 Å². The molecule has 0 aliphatic heterocycles. The number of nitrogens with zero attached hydrogens (tertiary/aromatic N) is 1. The maximum atomic E-state index is 11.4. The fourth-order valence-electron chi connectivity index (χ4n) is 5.03. The number of aryl methyl sites for hydroxylation is 3. The average molecular weight is 544 g/mol. The summed E-state index contributed by atoms with van der Waals surface area (Å²) in [7, 11) is 0. The van der Waals surface area contributed by atoms with Crippen molar-refractivity contribution in [1.29, 1.82) is 0 Å². The van der Waals surface area contributed by atoms with Gasteiger partial charge in [-0.05, 0) is 78.6 Å². The van der Waals surface area contributed by atoms with Gasteiger partial charge in [0.1, 0.15) is 18.0 Å². The molecule has 1 aromatic heterocycles. The Hall–Kier alpha value is -4.26. The van der Waals surface area contributed by atoms with Gasteiger partial charge in [0.05, 0.1) is 19.6 Å². The lowest BCUT2D eigenvalue weighted by atomic mass is 9.98. The van der Waals surface area contributed by atoms with Gasteiger partial charge >= 0.3 is 11.9 Å². The quantitative estimate of drug-likeness (QED) is 0.160. The van der Waals surface area contributed by atoms with E-state index in [1.165, 1.54) is 5.56 Å². The fraction of sp³-hybridized carbons (Fsp3) is 0.333. The lowest BCUT2D eigenvalue weighted by molar-refractivity contribution is -0.138. The molecule has 0 radical (unpaired) electrons. The third-order valence-corrected chi connectivity index (χ3v) is 6.88. The molecule has 0 aliphatic carbocycles. The van der Waals surface area contributed by atoms with Gasteiger partial charge in [0, 0.05) is 17.1 Å². The Morgan fingerprint density at radius 1 is 0.750 bits per heavy atom. The number of hydrogen-bond donors (Lipinski definition) is 2. The van der Waals surface area contributed by atoms with Gasteiger partial charge in [-0.25, -0.2) is 0 Å². The molecule has 0 aliphatic rings. The Morgan fingerprint density at radius 3 is 2.20 bits per heavy atom. The van der Waals surface area contributed by atoms with Crippen molar-refractivity contribution in [2.45, 2.75) is 58.4 Å². The predicted molar refractivity (Wildman–Crippen MR) is 155 cm³/mol. The third-order valence-electron chi connectivity index (χ3n) is 6.88. The van der Waals surface area contributed by atoms with Crippen LogP contribution in [0, 0.1) is 0 Å². The summed E-state index contributed by atoms with van der Waals surface area (Å²) >= 11 is 0. The molecule has 0 saturated heterocycles. The Bertz CT molecular complexity index is 1420. The molecule has 0 spiro atoms. The normalized spacial score (nSPS) is 11.0. The van der Waals surface area contributed by atoms with Crippen molar-refractivity contribution in [1.82, 2.24) is 4.57 Å². The summed E-state index contributed by atoms with van der Waals surface area (Å²) in [4.78, 5) is 22.8. The van der Waals surface area contributed by atoms with E-state index in [4.69, 9.17) is 9.47 Å². The summed E-state index contributed by atoms with van der Waals surface area (Å²) in [5.74, 6) is -0.0970. The number of carboxylic acids is 2. The lowest BCUT2D eigenvalue weighted by Gasteiger charge is -2.11. The number of carbonyl (C=O) groups is 2. The van der Waals surface area contributed by atoms with Gasteiger partial charge in [0.15, 0.2) is 0 Å². The molecule has 1 heterocycles. The number of para-hydroxylation sites is 1. The van der Waals surface area contributed by atoms with E-state index < -0.39 is 11.9 Å². The lowest BCUT2D eigenvalue weighted by Crippen LogP contribution is -2.07. The van der Waals surface area contributed by atoms with Crippen LogP contribution in [0.25, 0.3) is 10.9 Å². The van der Waals surface area contributed by atoms with Crippen LogP contribution in [0.5, 0.6) is 11.5 Å². The number of ether oxygens (including phenoxy) is 2. The Labute approximate surface area is 235 Å². The summed E-state index contributed by atoms with van der Waals surface area (Å²) in [5.41, 5.74) is 4.80. The van der Waals surface area contributed by atoms with Gasteiger partial charge in [-0.2, -0.15) is 0 Å². The highest BCUT2D eigenvalue weighted by Crippen LogP contribution is 2.28. The summed E-state index contributed by atoms with van der Waals surface area (Å²) in [6.45, 7) is 3.26. The van der Waals surface area contributed by atoms with E-state index in [-0.39, 0.29) is 13.0 Å². The first-order chi connectivity index (χ1) is 19.4. The summed E-state index contributed by atoms with van der Waals surface area (Å²) in [6, 6.07) is 22.0. The first-order valence-corrected chi connectivity index (χ1v) is 13.9. The minimum absolute atomic E-state index is 0.148. The molecule has 0 fully saturated rings. The van der Waals surface area contributed by atoms with Crippen molar-refractivity contribution in [2.75, 3.05) is 13.2 Å². The average Bonchev–Trinajstić information content (AvgIpc) is 3.27. The summed E-state index contributed by atoms with van der Waals surface area (Å²) in [5, 5.41) is 19.5. The van der Waals surface area contributed by atoms with Crippen molar-refractivity contribution in [3.63, 3.8) is 0 Å². The van der Waals surface area contributed by atoms with Crippen molar-refractivity contribution in [3.8, 4) is 11.5 Å². The van der Waals surface area contributed by atoms with Crippen LogP contribution in [0.1, 0.15) is 48.4 Å². The smallest absolute Gasteiger partial charge is 0.323 e. The topological polar surface area (TPSA) is 98.0 Å². The van der Waals surface area contributed by atoms with E-state index in [2.05, 4.69) is 31.2 Å². The second-order valence-electron chi connectivity index (χ2n) is 9.96. The number of hydrogen-bond acceptors (Lipinski definition) is 4. The zero-order valence-electron chi connectivity index (χ0n) is 23.0. The zero-order valence-corrected chi connectivity index (χ0v) is 23.0. The number of benzene rings is 3. The van der Waals surface area contributed by atoms with Crippen LogP contribution in [-0.4, -0.2) is 39.9 Å². The Kier molecular flexibility index (Phi) is 10.2. The highest BCUT2D eigenvalue weighted by molar-refractivity contribution is 5.91. The zero-order chi connectivity index (χ0) is 28.3. The first kappa shape index (κ1) is 28.7. The summed E-state index contributed by atoms with van der Waals surface area (Å²) < 4.78 is 13.5. The van der Waals surface area contributed by atoms with Crippen LogP contribution in [0.4, 0.5) is 0 Å². The van der Waals surface area contributed by atoms with E-state index >= 15 is 0 Å². The van der Waals surface area contributed by atoms with Crippen molar-refractivity contribution in [2.24, 2.45) is 0 Å². The highest BCUT2D eigenvalue weighted by Gasteiger charge is 2.16. The van der Waals surface area contributed by atoms with Crippen LogP contribution < -0.4 is 9.47 Å². The molecule has 0 saturated carbocycles. The van der Waals surface area contributed by atoms with E-state index in [0.29, 0.717) is 25.2 Å². The monoisotopic (exact) mass is 543 g/mol. The number of carboxylic acid groups (broad SMARTS) is 2. The highest BCUT2D eigenvalue weighted by atomic mass is 16.5. The van der Waals surface area contributed by atoms with Crippen LogP contribution in [0.3, 0.4) is 0 Å². The maximum absolute atomic E-state index is 11.4. The van der Waals surface area contributed by atoms with Crippen LogP contribution in [-0.2, 0) is 41.8 Å². The van der Waals surface area contributed by atoms with Gasteiger partial charge in [-0.3, -0.25) is 9.59 Å². The Morgan fingerprint density at radius 2 is 1.48 bits per heavy atom. The van der Waals surface area contributed by atoms with Gasteiger partial charge in [-0.1, -0.05) is 55.8 Å². The SMILES string of the molecule is CCCc1ccccc1OCCCCOc1ccc(CCc2cccc3c2c(CC(=O)O)cn3CC(=O)O)cc1. The van der Waals surface area contributed by atoms with Crippen LogP contribution in [0.15, 0.2) is 72.9 Å². The van der Waals surface area contributed by atoms with Gasteiger partial charge in [-0.15, -0.1) is 0 Å². The van der Waals surface area contributed by atoms with E-state index in [9.17, 15) is 19.8 Å². The molecule has 0 atom stereocenters. The minimum Gasteiger partial charge on any atom is -0.494 e. The second-order valence-corrected chi connectivity index (χ2v) is 9.96. The number of rotatable bonds is 16. The standard InChI is InChI=1S/C33H37NO6/c1-2-8-25-9-3-4-12-30(25)40-20-6-5-19-39-28-17-14-24(15-18-28)13-16-26-10-7-11-29-33(26)27(21-31(35)36)22-34(29)23-32(37)38/h3-4,7,9-12,14-15,17-18,22H,2,5-6,8,13,16,19-21,23H2,1H3,(H,35,36)(H,37,38). The number of fused-ring (bicyclic) bond motifs is 1. The van der Waals surface area contributed by atoms with Crippen LogP contribution in [0.2, 0.25) is 0 Å². The molecule has 210 valence electrons. The molecule has 4 aromatic rings. The van der Waals surface area contributed by atoms with Gasteiger partial charge in [0.2, 0.25) is 0 Å². The molecule has 7 nitrogen and oxygen atoms in total. The van der Waals surface area contributed by atoms with E-state index in [0.717, 1.165) is 65.6 Å². The molecular weight excluding hydrogens is 506 g/mol. The molecule has 0 bridgehead atoms. The minimum atomic E-state index is -0.965. The maximum Gasteiger partial charge on any atom is 0.323 e. The van der Waals surface area contributed by atoms with E-state index in [1.807, 2.05) is 42.5 Å². The van der Waals surface area contributed by atoms with Crippen molar-refractivity contribution in [3.05, 3.63) is 95.2 Å². The number of aromatic nitrogens is 1. The van der Waals surface area contributed by atoms with Gasteiger partial charge < -0.3 is 24.3 Å². The molecule has 0 amide bonds. The van der Waals surface area contributed by atoms with Gasteiger partial charge in [0.25, 0.3) is 0 Å². The first-order valence-electron chi connectivity index (χ1n) is 13.9. The molecule has 0 unspecified atom stereocenters. The second kappa shape index (κ2) is 14.2. The third kappa shape index (κ3) is 7.88. The largest absolute Gasteiger partial charge is 0.494 e.